The molecule has 5 rings (SSSR count). The number of phenols is 1. The van der Waals surface area contributed by atoms with Crippen LogP contribution in [0.2, 0.25) is 0 Å². The van der Waals surface area contributed by atoms with E-state index >= 15 is 0 Å². The van der Waals surface area contributed by atoms with Crippen molar-refractivity contribution >= 4 is 17.5 Å². The molecule has 7 N–H and O–H groups in total. The molecule has 0 saturated carbocycles. The number of hydrogen-bond donors (Lipinski definition) is 6. The van der Waals surface area contributed by atoms with Gasteiger partial charge in [0.15, 0.2) is 11.4 Å². The van der Waals surface area contributed by atoms with Crippen LogP contribution in [0.1, 0.15) is 34.3 Å². The van der Waals surface area contributed by atoms with Gasteiger partial charge in [-0.15, -0.1) is 0 Å². The minimum atomic E-state index is -2.67. The molecule has 0 heterocycles. The highest BCUT2D eigenvalue weighted by Gasteiger charge is 2.63. The first-order chi connectivity index (χ1) is 19.9. The van der Waals surface area contributed by atoms with Crippen molar-refractivity contribution in [1.29, 1.82) is 5.26 Å². The summed E-state index contributed by atoms with van der Waals surface area (Å²) < 4.78 is 0. The Hall–Kier alpha value is -4.50. The van der Waals surface area contributed by atoms with Crippen molar-refractivity contribution in [1.82, 2.24) is 10.2 Å². The van der Waals surface area contributed by atoms with Gasteiger partial charge in [0.25, 0.3) is 5.91 Å². The van der Waals surface area contributed by atoms with Gasteiger partial charge in [-0.2, -0.15) is 5.26 Å². The zero-order valence-corrected chi connectivity index (χ0v) is 23.2. The van der Waals surface area contributed by atoms with Crippen LogP contribution in [-0.2, 0) is 22.6 Å². The molecule has 0 aromatic heterocycles. The van der Waals surface area contributed by atoms with Gasteiger partial charge in [-0.3, -0.25) is 19.3 Å². The lowest BCUT2D eigenvalue weighted by molar-refractivity contribution is -0.148. The number of aliphatic hydroxyl groups excluding tert-OH is 2. The SMILES string of the molecule is CN(C)C1C(O)=C(C(N)=O)C(=O)[C@@]2(O)C(O)=C3C(=O)c4c(O)ccc(-c5ccc(CNCCC#N)cc5)c4C[C@H]3C[C@@H]12. The fraction of sp³-hybridized carbons (Fsp3) is 0.355. The van der Waals surface area contributed by atoms with Gasteiger partial charge in [0.05, 0.1) is 17.7 Å². The van der Waals surface area contributed by atoms with E-state index in [0.717, 1.165) is 11.1 Å². The molecule has 0 fully saturated rings. The maximum atomic E-state index is 13.9. The number of primary amides is 1. The third-order valence-electron chi connectivity index (χ3n) is 8.61. The molecule has 0 aliphatic heterocycles. The fourth-order valence-electron chi connectivity index (χ4n) is 6.70. The Morgan fingerprint density at radius 3 is 2.45 bits per heavy atom. The summed E-state index contributed by atoms with van der Waals surface area (Å²) in [6.45, 7) is 1.15. The number of nitriles is 1. The molecule has 11 heteroatoms. The first-order valence-corrected chi connectivity index (χ1v) is 13.6. The number of aliphatic hydroxyl groups is 3. The van der Waals surface area contributed by atoms with Crippen LogP contribution < -0.4 is 11.1 Å². The second kappa shape index (κ2) is 10.7. The summed E-state index contributed by atoms with van der Waals surface area (Å²) in [5.74, 6) is -6.79. The highest BCUT2D eigenvalue weighted by molar-refractivity contribution is 6.24. The summed E-state index contributed by atoms with van der Waals surface area (Å²) in [6, 6.07) is 11.8. The Balaban J connectivity index is 1.58. The molecular formula is C31H32N4O7. The Bertz CT molecular complexity index is 1600. The molecule has 42 heavy (non-hydrogen) atoms. The number of nitrogens with two attached hydrogens (primary N) is 1. The van der Waals surface area contributed by atoms with Gasteiger partial charge >= 0.3 is 0 Å². The fourth-order valence-corrected chi connectivity index (χ4v) is 6.70. The number of hydrogen-bond acceptors (Lipinski definition) is 10. The monoisotopic (exact) mass is 572 g/mol. The average Bonchev–Trinajstić information content (AvgIpc) is 2.93. The molecule has 0 bridgehead atoms. The maximum absolute atomic E-state index is 13.9. The van der Waals surface area contributed by atoms with Crippen LogP contribution in [-0.4, -0.2) is 75.1 Å². The summed E-state index contributed by atoms with van der Waals surface area (Å²) in [4.78, 5) is 41.0. The molecule has 11 nitrogen and oxygen atoms in total. The second-order valence-corrected chi connectivity index (χ2v) is 11.2. The molecule has 218 valence electrons. The van der Waals surface area contributed by atoms with Gasteiger partial charge in [0, 0.05) is 31.0 Å². The van der Waals surface area contributed by atoms with Crippen molar-refractivity contribution < 1.29 is 34.8 Å². The summed E-state index contributed by atoms with van der Waals surface area (Å²) in [7, 11) is 3.18. The van der Waals surface area contributed by atoms with Crippen molar-refractivity contribution in [3.8, 4) is 22.9 Å². The molecule has 3 aliphatic carbocycles. The van der Waals surface area contributed by atoms with Crippen molar-refractivity contribution in [3.05, 3.63) is 75.8 Å². The Morgan fingerprint density at radius 2 is 1.83 bits per heavy atom. The van der Waals surface area contributed by atoms with E-state index in [-0.39, 0.29) is 29.7 Å². The molecule has 1 unspecified atom stereocenters. The van der Waals surface area contributed by atoms with Crippen LogP contribution in [0.5, 0.6) is 5.75 Å². The van der Waals surface area contributed by atoms with E-state index in [1.165, 1.54) is 11.0 Å². The van der Waals surface area contributed by atoms with Crippen molar-refractivity contribution in [3.63, 3.8) is 0 Å². The predicted molar refractivity (Wildman–Crippen MR) is 151 cm³/mol. The van der Waals surface area contributed by atoms with E-state index in [1.807, 2.05) is 24.3 Å². The largest absolute Gasteiger partial charge is 0.510 e. The van der Waals surface area contributed by atoms with Gasteiger partial charge in [-0.25, -0.2) is 0 Å². The molecule has 4 atom stereocenters. The summed E-state index contributed by atoms with van der Waals surface area (Å²) >= 11 is 0. The molecule has 2 aromatic rings. The quantitative estimate of drug-likeness (QED) is 0.210. The number of ketones is 2. The highest BCUT2D eigenvalue weighted by atomic mass is 16.3. The van der Waals surface area contributed by atoms with Gasteiger partial charge in [0.1, 0.15) is 22.8 Å². The van der Waals surface area contributed by atoms with Crippen molar-refractivity contribution in [2.45, 2.75) is 37.5 Å². The van der Waals surface area contributed by atoms with E-state index in [1.54, 1.807) is 20.2 Å². The Morgan fingerprint density at radius 1 is 1.14 bits per heavy atom. The topological polar surface area (TPSA) is 197 Å². The van der Waals surface area contributed by atoms with Gasteiger partial charge in [-0.05, 0) is 61.2 Å². The number of phenolic OH excluding ortho intramolecular Hbond substituents is 1. The van der Waals surface area contributed by atoms with E-state index in [0.29, 0.717) is 30.6 Å². The second-order valence-electron chi connectivity index (χ2n) is 11.2. The summed E-state index contributed by atoms with van der Waals surface area (Å²) in [5, 5.41) is 56.7. The lowest BCUT2D eigenvalue weighted by Gasteiger charge is -2.50. The average molecular weight is 573 g/mol. The third-order valence-corrected chi connectivity index (χ3v) is 8.61. The van der Waals surface area contributed by atoms with Crippen LogP contribution in [0, 0.1) is 23.2 Å². The van der Waals surface area contributed by atoms with Gasteiger partial charge < -0.3 is 31.5 Å². The van der Waals surface area contributed by atoms with E-state index in [4.69, 9.17) is 11.0 Å². The number of nitrogens with one attached hydrogen (secondary N) is 1. The van der Waals surface area contributed by atoms with E-state index < -0.39 is 58.0 Å². The molecule has 3 aliphatic rings. The molecule has 1 amide bonds. The zero-order valence-electron chi connectivity index (χ0n) is 23.2. The normalized spacial score (nSPS) is 25.2. The molecule has 0 spiro atoms. The molecule has 0 saturated heterocycles. The maximum Gasteiger partial charge on any atom is 0.255 e. The van der Waals surface area contributed by atoms with Crippen LogP contribution in [0.3, 0.4) is 0 Å². The van der Waals surface area contributed by atoms with Crippen LogP contribution in [0.25, 0.3) is 11.1 Å². The van der Waals surface area contributed by atoms with Crippen molar-refractivity contribution in [2.24, 2.45) is 17.6 Å². The van der Waals surface area contributed by atoms with E-state index in [9.17, 15) is 34.8 Å². The lowest BCUT2D eigenvalue weighted by Crippen LogP contribution is -2.63. The van der Waals surface area contributed by atoms with Gasteiger partial charge in [0.2, 0.25) is 5.78 Å². The van der Waals surface area contributed by atoms with Crippen LogP contribution >= 0.6 is 0 Å². The molecule has 0 radical (unpaired) electrons. The number of likely N-dealkylation sites (N-methyl/N-ethyl adjacent to an activating group) is 1. The number of carbonyl (C=O) groups excluding carboxylic acids is 3. The number of allylic oxidation sites excluding steroid dienone is 1. The van der Waals surface area contributed by atoms with Gasteiger partial charge in [-0.1, -0.05) is 30.3 Å². The number of benzene rings is 2. The summed E-state index contributed by atoms with van der Waals surface area (Å²) in [6.07, 6.45) is 0.632. The minimum Gasteiger partial charge on any atom is -0.510 e. The number of aromatic hydroxyl groups is 1. The third kappa shape index (κ3) is 4.36. The molecular weight excluding hydrogens is 540 g/mol. The highest BCUT2D eigenvalue weighted by Crippen LogP contribution is 2.53. The number of nitrogens with zero attached hydrogens (tertiary/aromatic N) is 2. The standard InChI is InChI=1S/C31H32N4O7/c1-35(2)25-20-13-17-12-19-18(16-6-4-15(5-7-16)14-34-11-3-10-32)8-9-21(36)23(19)26(37)22(17)28(39)31(20,42)29(40)24(27(25)38)30(33)41/h4-9,17,20,25,34,36,38-39,42H,3,11-14H2,1-2H3,(H2,33,41)/t17-,20-,25?,31-/m0/s1. The predicted octanol–water partition coefficient (Wildman–Crippen LogP) is 1.79. The number of Topliss-reactive ketones (excluding diaryl/α,β-unsaturated/α-hetero) is 2. The minimum absolute atomic E-state index is 0.0220. The number of amides is 1. The summed E-state index contributed by atoms with van der Waals surface area (Å²) in [5.41, 5.74) is 4.72. The van der Waals surface area contributed by atoms with Crippen LogP contribution in [0.15, 0.2) is 59.1 Å². The lowest BCUT2D eigenvalue weighted by atomic mass is 9.58. The van der Waals surface area contributed by atoms with Crippen LogP contribution in [0.4, 0.5) is 0 Å². The number of carbonyl (C=O) groups is 3. The first kappa shape index (κ1) is 29.0. The Labute approximate surface area is 242 Å². The smallest absolute Gasteiger partial charge is 0.255 e. The number of fused-ring (bicyclic) bond motifs is 3. The first-order valence-electron chi connectivity index (χ1n) is 13.6. The Kier molecular flexibility index (Phi) is 7.41. The zero-order chi connectivity index (χ0) is 30.5. The van der Waals surface area contributed by atoms with Crippen molar-refractivity contribution in [2.75, 3.05) is 20.6 Å². The van der Waals surface area contributed by atoms with E-state index in [2.05, 4.69) is 11.4 Å². The molecule has 2 aromatic carbocycles. The number of rotatable bonds is 7.